The Morgan fingerprint density at radius 2 is 2.04 bits per heavy atom. The summed E-state index contributed by atoms with van der Waals surface area (Å²) in [6.07, 6.45) is 11.3. The van der Waals surface area contributed by atoms with Crippen molar-refractivity contribution >= 4 is 15.8 Å². The molecule has 2 aliphatic carbocycles. The average Bonchev–Trinajstić information content (AvgIpc) is 3.27. The standard InChI is InChI=1S/C17H29N3O2S/c1-20(12-14-5-3-2-4-6-14)17(19-16-7-8-16)18-11-15-9-10-23(21,22)13-15/h2-3,14-16H,4-13H2,1H3,(H,18,19). The van der Waals surface area contributed by atoms with E-state index in [1.165, 1.54) is 25.7 Å². The van der Waals surface area contributed by atoms with Gasteiger partial charge in [-0.2, -0.15) is 0 Å². The summed E-state index contributed by atoms with van der Waals surface area (Å²) in [6.45, 7) is 1.65. The van der Waals surface area contributed by atoms with Gasteiger partial charge in [-0.15, -0.1) is 0 Å². The normalized spacial score (nSPS) is 30.4. The first kappa shape index (κ1) is 16.8. The first-order chi connectivity index (χ1) is 11.0. The molecule has 3 rings (SSSR count). The SMILES string of the molecule is CN(CC1CC=CCC1)C(=NCC1CCS(=O)(=O)C1)NC1CC1. The van der Waals surface area contributed by atoms with E-state index in [1.807, 2.05) is 0 Å². The van der Waals surface area contributed by atoms with Crippen LogP contribution in [0.4, 0.5) is 0 Å². The fourth-order valence-corrected chi connectivity index (χ4v) is 5.26. The lowest BCUT2D eigenvalue weighted by atomic mass is 9.94. The summed E-state index contributed by atoms with van der Waals surface area (Å²) in [6, 6.07) is 0.565. The van der Waals surface area contributed by atoms with E-state index in [2.05, 4.69) is 29.4 Å². The second-order valence-electron chi connectivity index (χ2n) is 7.38. The minimum atomic E-state index is -2.81. The Kier molecular flexibility index (Phi) is 5.29. The van der Waals surface area contributed by atoms with Crippen molar-refractivity contribution in [3.8, 4) is 0 Å². The number of rotatable bonds is 5. The molecular formula is C17H29N3O2S. The Morgan fingerprint density at radius 3 is 2.65 bits per heavy atom. The molecule has 0 amide bonds. The Balaban J connectivity index is 1.57. The molecule has 0 bridgehead atoms. The van der Waals surface area contributed by atoms with Crippen molar-refractivity contribution in [2.45, 2.75) is 44.6 Å². The van der Waals surface area contributed by atoms with E-state index in [0.717, 1.165) is 25.3 Å². The van der Waals surface area contributed by atoms with Gasteiger partial charge >= 0.3 is 0 Å². The number of allylic oxidation sites excluding steroid dienone is 2. The van der Waals surface area contributed by atoms with Gasteiger partial charge in [-0.05, 0) is 50.4 Å². The summed E-state index contributed by atoms with van der Waals surface area (Å²) in [4.78, 5) is 7.01. The summed E-state index contributed by atoms with van der Waals surface area (Å²) in [7, 11) is -0.699. The van der Waals surface area contributed by atoms with E-state index in [-0.39, 0.29) is 5.92 Å². The Bertz CT molecular complexity index is 566. The molecule has 6 heteroatoms. The second kappa shape index (κ2) is 7.24. The molecule has 3 aliphatic rings. The van der Waals surface area contributed by atoms with E-state index in [4.69, 9.17) is 4.99 Å². The van der Waals surface area contributed by atoms with Crippen LogP contribution in [0.3, 0.4) is 0 Å². The van der Waals surface area contributed by atoms with Crippen molar-refractivity contribution in [1.29, 1.82) is 0 Å². The molecule has 0 spiro atoms. The number of hydrogen-bond donors (Lipinski definition) is 1. The van der Waals surface area contributed by atoms with E-state index in [9.17, 15) is 8.42 Å². The van der Waals surface area contributed by atoms with Gasteiger partial charge in [-0.3, -0.25) is 4.99 Å². The molecule has 1 aliphatic heterocycles. The molecule has 0 aromatic carbocycles. The molecule has 5 nitrogen and oxygen atoms in total. The first-order valence-corrected chi connectivity index (χ1v) is 10.7. The Labute approximate surface area is 140 Å². The van der Waals surface area contributed by atoms with Gasteiger partial charge in [0.2, 0.25) is 0 Å². The minimum Gasteiger partial charge on any atom is -0.354 e. The molecule has 0 aromatic heterocycles. The number of nitrogens with zero attached hydrogens (tertiary/aromatic N) is 2. The molecule has 1 saturated heterocycles. The summed E-state index contributed by atoms with van der Waals surface area (Å²) < 4.78 is 23.2. The van der Waals surface area contributed by atoms with E-state index < -0.39 is 9.84 Å². The fraction of sp³-hybridized carbons (Fsp3) is 0.824. The van der Waals surface area contributed by atoms with Crippen molar-refractivity contribution < 1.29 is 8.42 Å². The largest absolute Gasteiger partial charge is 0.354 e. The van der Waals surface area contributed by atoms with Crippen LogP contribution in [0, 0.1) is 11.8 Å². The van der Waals surface area contributed by atoms with Gasteiger partial charge in [0, 0.05) is 26.2 Å². The number of nitrogens with one attached hydrogen (secondary N) is 1. The number of hydrogen-bond acceptors (Lipinski definition) is 3. The van der Waals surface area contributed by atoms with Gasteiger partial charge in [-0.25, -0.2) is 8.42 Å². The van der Waals surface area contributed by atoms with Gasteiger partial charge in [0.1, 0.15) is 0 Å². The van der Waals surface area contributed by atoms with Crippen LogP contribution < -0.4 is 5.32 Å². The van der Waals surface area contributed by atoms with Crippen molar-refractivity contribution in [3.63, 3.8) is 0 Å². The monoisotopic (exact) mass is 339 g/mol. The van der Waals surface area contributed by atoms with Gasteiger partial charge in [0.05, 0.1) is 11.5 Å². The molecule has 23 heavy (non-hydrogen) atoms. The molecule has 2 unspecified atom stereocenters. The third-order valence-corrected chi connectivity index (χ3v) is 6.84. The van der Waals surface area contributed by atoms with Crippen LogP contribution in [-0.2, 0) is 9.84 Å². The first-order valence-electron chi connectivity index (χ1n) is 8.89. The highest BCUT2D eigenvalue weighted by atomic mass is 32.2. The van der Waals surface area contributed by atoms with Crippen LogP contribution in [0.25, 0.3) is 0 Å². The van der Waals surface area contributed by atoms with Crippen LogP contribution in [-0.4, -0.2) is 57.0 Å². The molecule has 2 atom stereocenters. The number of aliphatic imine (C=N–C) groups is 1. The predicted octanol–water partition coefficient (Wildman–Crippen LogP) is 1.82. The lowest BCUT2D eigenvalue weighted by molar-refractivity contribution is 0.351. The maximum atomic E-state index is 11.6. The summed E-state index contributed by atoms with van der Waals surface area (Å²) in [5.41, 5.74) is 0. The van der Waals surface area contributed by atoms with Crippen LogP contribution in [0.5, 0.6) is 0 Å². The molecule has 1 N–H and O–H groups in total. The lowest BCUT2D eigenvalue weighted by Crippen LogP contribution is -2.42. The smallest absolute Gasteiger partial charge is 0.193 e. The van der Waals surface area contributed by atoms with E-state index >= 15 is 0 Å². The molecule has 130 valence electrons. The van der Waals surface area contributed by atoms with Gasteiger partial charge in [0.15, 0.2) is 15.8 Å². The van der Waals surface area contributed by atoms with Crippen LogP contribution >= 0.6 is 0 Å². The van der Waals surface area contributed by atoms with E-state index in [0.29, 0.717) is 30.0 Å². The lowest BCUT2D eigenvalue weighted by Gasteiger charge is -2.28. The topological polar surface area (TPSA) is 61.8 Å². The van der Waals surface area contributed by atoms with Crippen molar-refractivity contribution in [3.05, 3.63) is 12.2 Å². The zero-order valence-corrected chi connectivity index (χ0v) is 14.9. The fourth-order valence-electron chi connectivity index (χ4n) is 3.41. The third kappa shape index (κ3) is 5.23. The maximum Gasteiger partial charge on any atom is 0.193 e. The van der Waals surface area contributed by atoms with Gasteiger partial charge in [0.25, 0.3) is 0 Å². The van der Waals surface area contributed by atoms with Crippen molar-refractivity contribution in [1.82, 2.24) is 10.2 Å². The van der Waals surface area contributed by atoms with Crippen LogP contribution in [0.15, 0.2) is 17.1 Å². The predicted molar refractivity (Wildman–Crippen MR) is 94.3 cm³/mol. The van der Waals surface area contributed by atoms with Crippen molar-refractivity contribution in [2.24, 2.45) is 16.8 Å². The Hall–Kier alpha value is -1.04. The molecule has 0 radical (unpaired) electrons. The second-order valence-corrected chi connectivity index (χ2v) is 9.61. The zero-order valence-electron chi connectivity index (χ0n) is 14.1. The average molecular weight is 340 g/mol. The minimum absolute atomic E-state index is 0.196. The highest BCUT2D eigenvalue weighted by Gasteiger charge is 2.29. The highest BCUT2D eigenvalue weighted by molar-refractivity contribution is 7.91. The third-order valence-electron chi connectivity index (χ3n) is 5.01. The van der Waals surface area contributed by atoms with Gasteiger partial charge < -0.3 is 10.2 Å². The molecular weight excluding hydrogens is 310 g/mol. The summed E-state index contributed by atoms with van der Waals surface area (Å²) in [5, 5.41) is 3.53. The highest BCUT2D eigenvalue weighted by Crippen LogP contribution is 2.22. The Morgan fingerprint density at radius 1 is 1.22 bits per heavy atom. The van der Waals surface area contributed by atoms with Crippen LogP contribution in [0.1, 0.15) is 38.5 Å². The molecule has 1 heterocycles. The van der Waals surface area contributed by atoms with Crippen molar-refractivity contribution in [2.75, 3.05) is 31.6 Å². The summed E-state index contributed by atoms with van der Waals surface area (Å²) >= 11 is 0. The van der Waals surface area contributed by atoms with E-state index in [1.54, 1.807) is 0 Å². The molecule has 0 aromatic rings. The number of guanidine groups is 1. The molecule has 1 saturated carbocycles. The maximum absolute atomic E-state index is 11.6. The zero-order chi connectivity index (χ0) is 16.3. The quantitative estimate of drug-likeness (QED) is 0.471. The van der Waals surface area contributed by atoms with Gasteiger partial charge in [-0.1, -0.05) is 12.2 Å². The summed E-state index contributed by atoms with van der Waals surface area (Å²) in [5.74, 6) is 2.50. The number of sulfone groups is 1. The molecule has 2 fully saturated rings. The van der Waals surface area contributed by atoms with Crippen LogP contribution in [0.2, 0.25) is 0 Å².